The zero-order valence-corrected chi connectivity index (χ0v) is 14.1. The second-order valence-corrected chi connectivity index (χ2v) is 6.83. The quantitative estimate of drug-likeness (QED) is 0.349. The van der Waals surface area contributed by atoms with Crippen LogP contribution < -0.4 is 16.2 Å². The second kappa shape index (κ2) is 7.84. The predicted octanol–water partition coefficient (Wildman–Crippen LogP) is 3.28. The predicted molar refractivity (Wildman–Crippen MR) is 90.7 cm³/mol. The highest BCUT2D eigenvalue weighted by Gasteiger charge is 2.24. The van der Waals surface area contributed by atoms with Crippen molar-refractivity contribution in [3.8, 4) is 0 Å². The molecule has 1 fully saturated rings. The summed E-state index contributed by atoms with van der Waals surface area (Å²) in [7, 11) is 0. The first-order valence-electron chi connectivity index (χ1n) is 7.80. The highest BCUT2D eigenvalue weighted by atomic mass is 32.2. The Labute approximate surface area is 132 Å². The number of hydrogen-bond acceptors (Lipinski definition) is 6. The normalized spacial score (nSPS) is 15.7. The Morgan fingerprint density at radius 2 is 2.10 bits per heavy atom. The van der Waals surface area contributed by atoms with Gasteiger partial charge < -0.3 is 10.3 Å². The van der Waals surface area contributed by atoms with Gasteiger partial charge >= 0.3 is 0 Å². The lowest BCUT2D eigenvalue weighted by Gasteiger charge is -2.31. The third-order valence-corrected chi connectivity index (χ3v) is 4.58. The molecule has 2 rings (SSSR count). The number of anilines is 2. The summed E-state index contributed by atoms with van der Waals surface area (Å²) in [6.45, 7) is 5.59. The number of rotatable bonds is 7. The molecule has 1 saturated carbocycles. The lowest BCUT2D eigenvalue weighted by atomic mass is 10.1. The molecular weight excluding hydrogens is 282 g/mol. The summed E-state index contributed by atoms with van der Waals surface area (Å²) in [6, 6.07) is 2.58. The second-order valence-electron chi connectivity index (χ2n) is 6.06. The molecule has 0 aromatic carbocycles. The Kier molecular flexibility index (Phi) is 6.11. The minimum absolute atomic E-state index is 0.610. The van der Waals surface area contributed by atoms with Crippen LogP contribution in [0.5, 0.6) is 0 Å². The molecule has 1 aromatic rings. The van der Waals surface area contributed by atoms with Gasteiger partial charge in [-0.3, -0.25) is 0 Å². The lowest BCUT2D eigenvalue weighted by Crippen LogP contribution is -2.35. The summed E-state index contributed by atoms with van der Waals surface area (Å²) < 4.78 is 0. The van der Waals surface area contributed by atoms with E-state index in [2.05, 4.69) is 29.2 Å². The van der Waals surface area contributed by atoms with Gasteiger partial charge in [0.2, 0.25) is 0 Å². The van der Waals surface area contributed by atoms with E-state index in [0.29, 0.717) is 17.8 Å². The number of nitrogen functional groups attached to an aromatic ring is 1. The van der Waals surface area contributed by atoms with Gasteiger partial charge in [-0.2, -0.15) is 0 Å². The molecule has 0 spiro atoms. The Bertz CT molecular complexity index is 423. The number of aromatic nitrogens is 2. The molecule has 6 heteroatoms. The molecule has 0 saturated heterocycles. The van der Waals surface area contributed by atoms with Gasteiger partial charge in [-0.25, -0.2) is 15.8 Å². The van der Waals surface area contributed by atoms with Crippen LogP contribution in [0.3, 0.4) is 0 Å². The number of nitrogens with two attached hydrogens (primary N) is 1. The van der Waals surface area contributed by atoms with Gasteiger partial charge in [0.25, 0.3) is 0 Å². The van der Waals surface area contributed by atoms with E-state index in [1.807, 2.05) is 12.3 Å². The summed E-state index contributed by atoms with van der Waals surface area (Å²) in [5.74, 6) is 7.95. The van der Waals surface area contributed by atoms with Crippen molar-refractivity contribution in [1.29, 1.82) is 0 Å². The van der Waals surface area contributed by atoms with Crippen molar-refractivity contribution >= 4 is 23.4 Å². The van der Waals surface area contributed by atoms with E-state index in [0.717, 1.165) is 17.5 Å². The number of hydrazine groups is 1. The minimum atomic E-state index is 0.610. The molecule has 0 atom stereocenters. The van der Waals surface area contributed by atoms with Crippen LogP contribution in [0.25, 0.3) is 0 Å². The third kappa shape index (κ3) is 4.48. The van der Waals surface area contributed by atoms with Gasteiger partial charge in [0, 0.05) is 18.7 Å². The molecule has 21 heavy (non-hydrogen) atoms. The van der Waals surface area contributed by atoms with Crippen LogP contribution >= 0.6 is 11.8 Å². The van der Waals surface area contributed by atoms with Gasteiger partial charge in [-0.15, -0.1) is 0 Å². The molecule has 0 amide bonds. The molecule has 0 radical (unpaired) electrons. The number of hydrogen-bond donors (Lipinski definition) is 2. The SMILES string of the molecule is CSc1nc(NN)cc(N(CCC(C)C)C2CCCC2)n1. The highest BCUT2D eigenvalue weighted by molar-refractivity contribution is 7.98. The standard InChI is InChI=1S/C15H27N5S/c1-11(2)8-9-20(12-6-4-5-7-12)14-10-13(19-16)17-15(18-14)21-3/h10-12H,4-9,16H2,1-3H3,(H,17,18,19). The molecule has 1 heterocycles. The van der Waals surface area contributed by atoms with Crippen molar-refractivity contribution in [1.82, 2.24) is 9.97 Å². The average molecular weight is 309 g/mol. The third-order valence-electron chi connectivity index (χ3n) is 4.03. The van der Waals surface area contributed by atoms with Crippen molar-refractivity contribution in [2.45, 2.75) is 57.1 Å². The zero-order valence-electron chi connectivity index (χ0n) is 13.3. The maximum absolute atomic E-state index is 5.55. The fraction of sp³-hybridized carbons (Fsp3) is 0.733. The van der Waals surface area contributed by atoms with Crippen molar-refractivity contribution in [3.05, 3.63) is 6.07 Å². The van der Waals surface area contributed by atoms with Gasteiger partial charge in [0.15, 0.2) is 5.16 Å². The summed E-state index contributed by atoms with van der Waals surface area (Å²) in [5, 5.41) is 0.771. The van der Waals surface area contributed by atoms with Gasteiger partial charge in [0.05, 0.1) is 0 Å². The summed E-state index contributed by atoms with van der Waals surface area (Å²) >= 11 is 1.55. The highest BCUT2D eigenvalue weighted by Crippen LogP contribution is 2.29. The number of nitrogens with one attached hydrogen (secondary N) is 1. The lowest BCUT2D eigenvalue weighted by molar-refractivity contribution is 0.523. The van der Waals surface area contributed by atoms with E-state index in [9.17, 15) is 0 Å². The molecule has 0 unspecified atom stereocenters. The van der Waals surface area contributed by atoms with Crippen LogP contribution in [-0.4, -0.2) is 28.8 Å². The molecule has 1 aliphatic carbocycles. The van der Waals surface area contributed by atoms with Crippen LogP contribution in [0.4, 0.5) is 11.6 Å². The summed E-state index contributed by atoms with van der Waals surface area (Å²) in [4.78, 5) is 11.5. The summed E-state index contributed by atoms with van der Waals surface area (Å²) in [5.41, 5.74) is 2.66. The van der Waals surface area contributed by atoms with Crippen LogP contribution in [0.1, 0.15) is 46.0 Å². The van der Waals surface area contributed by atoms with E-state index in [1.54, 1.807) is 11.8 Å². The van der Waals surface area contributed by atoms with E-state index in [-0.39, 0.29) is 0 Å². The molecule has 5 nitrogen and oxygen atoms in total. The zero-order chi connectivity index (χ0) is 15.2. The minimum Gasteiger partial charge on any atom is -0.353 e. The smallest absolute Gasteiger partial charge is 0.191 e. The molecule has 3 N–H and O–H groups in total. The largest absolute Gasteiger partial charge is 0.353 e. The first-order chi connectivity index (χ1) is 10.1. The maximum Gasteiger partial charge on any atom is 0.191 e. The Balaban J connectivity index is 2.25. The average Bonchev–Trinajstić information content (AvgIpc) is 3.00. The molecule has 1 aliphatic rings. The van der Waals surface area contributed by atoms with Crippen LogP contribution in [0.15, 0.2) is 11.2 Å². The van der Waals surface area contributed by atoms with Crippen LogP contribution in [0.2, 0.25) is 0 Å². The molecule has 118 valence electrons. The number of thioether (sulfide) groups is 1. The van der Waals surface area contributed by atoms with Gasteiger partial charge in [-0.05, 0) is 31.4 Å². The van der Waals surface area contributed by atoms with E-state index < -0.39 is 0 Å². The molecule has 0 aliphatic heterocycles. The monoisotopic (exact) mass is 309 g/mol. The van der Waals surface area contributed by atoms with E-state index in [4.69, 9.17) is 10.8 Å². The van der Waals surface area contributed by atoms with E-state index >= 15 is 0 Å². The van der Waals surface area contributed by atoms with Crippen molar-refractivity contribution in [2.75, 3.05) is 23.1 Å². The number of nitrogens with zero attached hydrogens (tertiary/aromatic N) is 3. The first-order valence-corrected chi connectivity index (χ1v) is 9.03. The van der Waals surface area contributed by atoms with Gasteiger partial charge in [0.1, 0.15) is 11.6 Å². The van der Waals surface area contributed by atoms with Crippen LogP contribution in [-0.2, 0) is 0 Å². The van der Waals surface area contributed by atoms with Gasteiger partial charge in [-0.1, -0.05) is 38.5 Å². The first kappa shape index (κ1) is 16.4. The van der Waals surface area contributed by atoms with Crippen molar-refractivity contribution in [3.63, 3.8) is 0 Å². The van der Waals surface area contributed by atoms with Crippen molar-refractivity contribution < 1.29 is 0 Å². The Morgan fingerprint density at radius 3 is 2.67 bits per heavy atom. The Hall–Kier alpha value is -1.01. The van der Waals surface area contributed by atoms with E-state index in [1.165, 1.54) is 32.1 Å². The fourth-order valence-electron chi connectivity index (χ4n) is 2.82. The molecular formula is C15H27N5S. The topological polar surface area (TPSA) is 67.1 Å². The summed E-state index contributed by atoms with van der Waals surface area (Å²) in [6.07, 6.45) is 8.36. The Morgan fingerprint density at radius 1 is 1.38 bits per heavy atom. The maximum atomic E-state index is 5.55. The molecule has 1 aromatic heterocycles. The van der Waals surface area contributed by atoms with Crippen molar-refractivity contribution in [2.24, 2.45) is 11.8 Å². The fourth-order valence-corrected chi connectivity index (χ4v) is 3.20. The molecule has 0 bridgehead atoms. The van der Waals surface area contributed by atoms with Crippen LogP contribution in [0, 0.1) is 5.92 Å².